The fourth-order valence-electron chi connectivity index (χ4n) is 5.05. The number of nitrogens with one attached hydrogen (secondary N) is 1. The molecule has 2 aromatic carbocycles. The van der Waals surface area contributed by atoms with Gasteiger partial charge in [0.25, 0.3) is 11.8 Å². The normalized spacial score (nSPS) is 20.2. The van der Waals surface area contributed by atoms with Crippen LogP contribution in [-0.2, 0) is 9.53 Å². The van der Waals surface area contributed by atoms with Crippen LogP contribution in [0, 0.1) is 6.92 Å². The average molecular weight is 494 g/mol. The molecule has 2 aromatic rings. The lowest BCUT2D eigenvalue weighted by atomic mass is 9.96. The summed E-state index contributed by atoms with van der Waals surface area (Å²) in [6.07, 6.45) is 0.818. The minimum Gasteiger partial charge on any atom is -0.454 e. The van der Waals surface area contributed by atoms with Crippen molar-refractivity contribution in [1.29, 1.82) is 0 Å². The molecule has 36 heavy (non-hydrogen) atoms. The van der Waals surface area contributed by atoms with Crippen molar-refractivity contribution >= 4 is 17.7 Å². The maximum absolute atomic E-state index is 13.7. The molecule has 190 valence electrons. The Morgan fingerprint density at radius 2 is 1.61 bits per heavy atom. The number of piperidine rings is 1. The highest BCUT2D eigenvalue weighted by Gasteiger charge is 2.54. The third-order valence-electron chi connectivity index (χ3n) is 6.96. The number of rotatable bonds is 4. The second-order valence-corrected chi connectivity index (χ2v) is 9.84. The molecule has 0 aromatic heterocycles. The molecule has 0 aliphatic carbocycles. The summed E-state index contributed by atoms with van der Waals surface area (Å²) in [7, 11) is 0. The van der Waals surface area contributed by atoms with Crippen molar-refractivity contribution in [2.24, 2.45) is 0 Å². The summed E-state index contributed by atoms with van der Waals surface area (Å²) in [5.41, 5.74) is 1.12. The molecule has 2 saturated heterocycles. The first kappa shape index (κ1) is 24.1. The molecule has 3 aliphatic rings. The van der Waals surface area contributed by atoms with Crippen molar-refractivity contribution in [1.82, 2.24) is 15.1 Å². The van der Waals surface area contributed by atoms with Crippen LogP contribution in [-0.4, -0.2) is 71.8 Å². The van der Waals surface area contributed by atoms with Gasteiger partial charge in [0.15, 0.2) is 11.5 Å². The first-order valence-electron chi connectivity index (χ1n) is 12.3. The van der Waals surface area contributed by atoms with Gasteiger partial charge in [-0.05, 0) is 51.1 Å². The predicted octanol–water partition coefficient (Wildman–Crippen LogP) is 2.72. The van der Waals surface area contributed by atoms with Crippen molar-refractivity contribution in [3.05, 3.63) is 59.2 Å². The highest BCUT2D eigenvalue weighted by atomic mass is 16.7. The van der Waals surface area contributed by atoms with Gasteiger partial charge in [-0.15, -0.1) is 0 Å². The van der Waals surface area contributed by atoms with Gasteiger partial charge in [0.05, 0.1) is 6.61 Å². The van der Waals surface area contributed by atoms with E-state index in [-0.39, 0.29) is 37.2 Å². The number of carbonyl (C=O) groups is 3. The van der Waals surface area contributed by atoms with Crippen LogP contribution in [0.5, 0.6) is 11.5 Å². The van der Waals surface area contributed by atoms with Crippen molar-refractivity contribution in [2.45, 2.75) is 51.4 Å². The molecule has 9 nitrogen and oxygen atoms in total. The van der Waals surface area contributed by atoms with Crippen LogP contribution in [0.1, 0.15) is 53.0 Å². The maximum atomic E-state index is 13.7. The van der Waals surface area contributed by atoms with E-state index in [1.54, 1.807) is 40.1 Å². The Kier molecular flexibility index (Phi) is 6.34. The number of likely N-dealkylation sites (tertiary alicyclic amines) is 1. The molecular weight excluding hydrogens is 462 g/mol. The van der Waals surface area contributed by atoms with Crippen molar-refractivity contribution in [3.8, 4) is 11.5 Å². The fourth-order valence-corrected chi connectivity index (χ4v) is 5.05. The van der Waals surface area contributed by atoms with Crippen LogP contribution in [0.4, 0.5) is 0 Å². The molecule has 2 fully saturated rings. The molecule has 1 atom stereocenters. The van der Waals surface area contributed by atoms with Gasteiger partial charge in [-0.25, -0.2) is 0 Å². The second-order valence-electron chi connectivity index (χ2n) is 9.84. The van der Waals surface area contributed by atoms with Gasteiger partial charge < -0.3 is 24.4 Å². The Balaban J connectivity index is 1.36. The van der Waals surface area contributed by atoms with Crippen LogP contribution in [0.3, 0.4) is 0 Å². The van der Waals surface area contributed by atoms with E-state index in [0.29, 0.717) is 48.6 Å². The lowest BCUT2D eigenvalue weighted by Gasteiger charge is -2.44. The van der Waals surface area contributed by atoms with Crippen molar-refractivity contribution in [3.63, 3.8) is 0 Å². The molecule has 1 unspecified atom stereocenters. The molecule has 1 spiro atoms. The number of benzene rings is 2. The number of amides is 3. The summed E-state index contributed by atoms with van der Waals surface area (Å²) >= 11 is 0. The summed E-state index contributed by atoms with van der Waals surface area (Å²) in [6, 6.07) is 11.7. The smallest absolute Gasteiger partial charge is 0.256 e. The summed E-state index contributed by atoms with van der Waals surface area (Å²) < 4.78 is 17.0. The van der Waals surface area contributed by atoms with Gasteiger partial charge in [0.1, 0.15) is 11.8 Å². The predicted molar refractivity (Wildman–Crippen MR) is 131 cm³/mol. The molecule has 0 saturated carbocycles. The number of hydrogen-bond donors (Lipinski definition) is 1. The Labute approximate surface area is 210 Å². The first-order valence-corrected chi connectivity index (χ1v) is 12.3. The number of carbonyl (C=O) groups excluding carboxylic acids is 3. The summed E-state index contributed by atoms with van der Waals surface area (Å²) in [6.45, 7) is 6.78. The lowest BCUT2D eigenvalue weighted by Crippen LogP contribution is -2.60. The topological polar surface area (TPSA) is 97.4 Å². The van der Waals surface area contributed by atoms with Gasteiger partial charge in [0, 0.05) is 43.1 Å². The van der Waals surface area contributed by atoms with E-state index in [9.17, 15) is 14.4 Å². The monoisotopic (exact) mass is 493 g/mol. The highest BCUT2D eigenvalue weighted by Crippen LogP contribution is 2.39. The molecule has 3 aliphatic heterocycles. The van der Waals surface area contributed by atoms with Crippen LogP contribution < -0.4 is 14.8 Å². The molecule has 5 rings (SSSR count). The zero-order valence-electron chi connectivity index (χ0n) is 20.8. The average Bonchev–Trinajstić information content (AvgIpc) is 3.48. The second kappa shape index (κ2) is 9.46. The van der Waals surface area contributed by atoms with E-state index in [4.69, 9.17) is 14.2 Å². The minimum absolute atomic E-state index is 0.0634. The van der Waals surface area contributed by atoms with Gasteiger partial charge in [-0.1, -0.05) is 17.7 Å². The number of aryl methyl sites for hydroxylation is 1. The number of fused-ring (bicyclic) bond motifs is 1. The van der Waals surface area contributed by atoms with Crippen LogP contribution >= 0.6 is 0 Å². The van der Waals surface area contributed by atoms with Crippen LogP contribution in [0.2, 0.25) is 0 Å². The van der Waals surface area contributed by atoms with Crippen LogP contribution in [0.15, 0.2) is 42.5 Å². The van der Waals surface area contributed by atoms with E-state index >= 15 is 0 Å². The number of hydrogen-bond acceptors (Lipinski definition) is 6. The largest absolute Gasteiger partial charge is 0.454 e. The summed E-state index contributed by atoms with van der Waals surface area (Å²) in [5.74, 6) is 0.585. The zero-order valence-corrected chi connectivity index (χ0v) is 20.8. The van der Waals surface area contributed by atoms with E-state index < -0.39 is 11.8 Å². The SMILES string of the molecule is Cc1ccc(C(=O)N2C(C(=O)NC(C)C)COC23CCN(C(=O)c2ccc4c(c2)OCO4)CC3)cc1. The fraction of sp³-hybridized carbons (Fsp3) is 0.444. The van der Waals surface area contributed by atoms with Gasteiger partial charge in [-0.2, -0.15) is 0 Å². The Morgan fingerprint density at radius 1 is 0.944 bits per heavy atom. The third kappa shape index (κ3) is 4.39. The minimum atomic E-state index is -0.952. The third-order valence-corrected chi connectivity index (χ3v) is 6.96. The maximum Gasteiger partial charge on any atom is 0.256 e. The quantitative estimate of drug-likeness (QED) is 0.704. The van der Waals surface area contributed by atoms with Crippen molar-refractivity contribution < 1.29 is 28.6 Å². The van der Waals surface area contributed by atoms with Crippen LogP contribution in [0.25, 0.3) is 0 Å². The number of ether oxygens (including phenoxy) is 3. The van der Waals surface area contributed by atoms with Gasteiger partial charge in [0.2, 0.25) is 12.7 Å². The summed E-state index contributed by atoms with van der Waals surface area (Å²) in [4.78, 5) is 43.4. The molecule has 1 N–H and O–H groups in total. The molecule has 3 amide bonds. The highest BCUT2D eigenvalue weighted by molar-refractivity contribution is 5.99. The van der Waals surface area contributed by atoms with E-state index in [2.05, 4.69) is 5.32 Å². The Morgan fingerprint density at radius 3 is 2.31 bits per heavy atom. The molecular formula is C27H31N3O6. The molecule has 9 heteroatoms. The first-order chi connectivity index (χ1) is 17.3. The molecule has 0 bridgehead atoms. The standard InChI is InChI=1S/C27H31N3O6/c1-17(2)28-24(31)21-15-36-27(30(21)26(33)19-6-4-18(3)5-7-19)10-12-29(13-11-27)25(32)20-8-9-22-23(14-20)35-16-34-22/h4-9,14,17,21H,10-13,15-16H2,1-3H3,(H,28,31). The molecule has 3 heterocycles. The molecule has 0 radical (unpaired) electrons. The van der Waals surface area contributed by atoms with Gasteiger partial charge >= 0.3 is 0 Å². The zero-order chi connectivity index (χ0) is 25.4. The summed E-state index contributed by atoms with van der Waals surface area (Å²) in [5, 5.41) is 2.92. The van der Waals surface area contributed by atoms with E-state index in [1.165, 1.54) is 0 Å². The Hall–Kier alpha value is -3.59. The van der Waals surface area contributed by atoms with E-state index in [0.717, 1.165) is 5.56 Å². The lowest BCUT2D eigenvalue weighted by molar-refractivity contribution is -0.128. The van der Waals surface area contributed by atoms with Gasteiger partial charge in [-0.3, -0.25) is 19.3 Å². The number of nitrogens with zero attached hydrogens (tertiary/aromatic N) is 2. The Bertz CT molecular complexity index is 1170. The van der Waals surface area contributed by atoms with Crippen molar-refractivity contribution in [2.75, 3.05) is 26.5 Å². The van der Waals surface area contributed by atoms with E-state index in [1.807, 2.05) is 32.9 Å².